The topological polar surface area (TPSA) is 94.6 Å². The molecular formula is C22H24N2O5S2. The van der Waals surface area contributed by atoms with Crippen LogP contribution >= 0.6 is 11.3 Å². The molecule has 0 bridgehead atoms. The second-order valence-corrected chi connectivity index (χ2v) is 9.88. The minimum absolute atomic E-state index is 0.0172. The van der Waals surface area contributed by atoms with Crippen molar-refractivity contribution in [3.05, 3.63) is 59.5 Å². The van der Waals surface area contributed by atoms with Crippen molar-refractivity contribution in [2.75, 3.05) is 25.3 Å². The van der Waals surface area contributed by atoms with Crippen molar-refractivity contribution in [1.29, 1.82) is 0 Å². The Morgan fingerprint density at radius 2 is 1.81 bits per heavy atom. The van der Waals surface area contributed by atoms with Crippen molar-refractivity contribution in [2.45, 2.75) is 18.6 Å². The number of nitrogens with one attached hydrogen (secondary N) is 1. The van der Waals surface area contributed by atoms with Gasteiger partial charge in [0.15, 0.2) is 26.5 Å². The molecule has 1 aromatic heterocycles. The van der Waals surface area contributed by atoms with Crippen LogP contribution in [0.2, 0.25) is 0 Å². The van der Waals surface area contributed by atoms with Gasteiger partial charge in [-0.3, -0.25) is 4.79 Å². The number of nitrogens with zero attached hydrogens (tertiary/aromatic N) is 1. The smallest absolute Gasteiger partial charge is 0.226 e. The number of hydrogen-bond acceptors (Lipinski definition) is 7. The predicted octanol–water partition coefficient (Wildman–Crippen LogP) is 4.16. The normalized spacial score (nSPS) is 11.2. The fourth-order valence-electron chi connectivity index (χ4n) is 2.99. The van der Waals surface area contributed by atoms with E-state index in [2.05, 4.69) is 10.3 Å². The molecule has 31 heavy (non-hydrogen) atoms. The van der Waals surface area contributed by atoms with Gasteiger partial charge in [-0.2, -0.15) is 0 Å². The van der Waals surface area contributed by atoms with Crippen molar-refractivity contribution in [1.82, 2.24) is 4.98 Å². The third-order valence-corrected chi connectivity index (χ3v) is 6.96. The van der Waals surface area contributed by atoms with Gasteiger partial charge in [-0.1, -0.05) is 30.3 Å². The van der Waals surface area contributed by atoms with Gasteiger partial charge < -0.3 is 14.8 Å². The zero-order chi connectivity index (χ0) is 22.3. The van der Waals surface area contributed by atoms with Gasteiger partial charge in [0.2, 0.25) is 5.91 Å². The van der Waals surface area contributed by atoms with Crippen LogP contribution in [0, 0.1) is 0 Å². The summed E-state index contributed by atoms with van der Waals surface area (Å²) in [6, 6.07) is 14.5. The van der Waals surface area contributed by atoms with Crippen LogP contribution in [-0.2, 0) is 20.4 Å². The second-order valence-electron chi connectivity index (χ2n) is 6.84. The van der Waals surface area contributed by atoms with Crippen molar-refractivity contribution in [3.8, 4) is 22.8 Å². The van der Waals surface area contributed by atoms with E-state index < -0.39 is 9.84 Å². The van der Waals surface area contributed by atoms with Gasteiger partial charge in [-0.15, -0.1) is 11.3 Å². The standard InChI is InChI=1S/C22H24N2O5S2/c1-28-19-11-10-17(13-20(19)29-2)18-14-30-22(23-18)24-21(25)9-6-12-31(26,27)15-16-7-4-3-5-8-16/h3-5,7-8,10-11,13-14H,6,9,12,15H2,1-2H3,(H,23,24,25). The Labute approximate surface area is 186 Å². The lowest BCUT2D eigenvalue weighted by atomic mass is 10.1. The summed E-state index contributed by atoms with van der Waals surface area (Å²) >= 11 is 1.30. The van der Waals surface area contributed by atoms with Crippen molar-refractivity contribution < 1.29 is 22.7 Å². The lowest BCUT2D eigenvalue weighted by Crippen LogP contribution is -2.15. The maximum Gasteiger partial charge on any atom is 0.226 e. The number of amides is 1. The van der Waals surface area contributed by atoms with E-state index >= 15 is 0 Å². The number of ether oxygens (including phenoxy) is 2. The van der Waals surface area contributed by atoms with Crippen LogP contribution < -0.4 is 14.8 Å². The molecule has 0 fully saturated rings. The van der Waals surface area contributed by atoms with Gasteiger partial charge in [-0.05, 0) is 30.2 Å². The highest BCUT2D eigenvalue weighted by atomic mass is 32.2. The molecule has 0 radical (unpaired) electrons. The molecule has 164 valence electrons. The fourth-order valence-corrected chi connectivity index (χ4v) is 5.16. The van der Waals surface area contributed by atoms with E-state index in [1.165, 1.54) is 11.3 Å². The summed E-state index contributed by atoms with van der Waals surface area (Å²) in [5.41, 5.74) is 2.28. The van der Waals surface area contributed by atoms with Crippen LogP contribution in [0.3, 0.4) is 0 Å². The fraction of sp³-hybridized carbons (Fsp3) is 0.273. The van der Waals surface area contributed by atoms with E-state index in [0.717, 1.165) is 11.1 Å². The molecule has 3 rings (SSSR count). The molecule has 0 spiro atoms. The maximum absolute atomic E-state index is 12.2. The van der Waals surface area contributed by atoms with E-state index in [4.69, 9.17) is 9.47 Å². The molecular weight excluding hydrogens is 436 g/mol. The molecule has 0 aliphatic heterocycles. The Balaban J connectivity index is 1.52. The number of carbonyl (C=O) groups is 1. The molecule has 2 aromatic carbocycles. The lowest BCUT2D eigenvalue weighted by Gasteiger charge is -2.08. The van der Waals surface area contributed by atoms with E-state index in [1.807, 2.05) is 35.7 Å². The Hall–Kier alpha value is -2.91. The number of rotatable bonds is 10. The highest BCUT2D eigenvalue weighted by Crippen LogP contribution is 2.33. The van der Waals surface area contributed by atoms with Gasteiger partial charge in [0.25, 0.3) is 0 Å². The molecule has 9 heteroatoms. The third-order valence-electron chi connectivity index (χ3n) is 4.52. The molecule has 0 aliphatic rings. The largest absolute Gasteiger partial charge is 0.493 e. The molecule has 0 aliphatic carbocycles. The number of anilines is 1. The Kier molecular flexibility index (Phi) is 7.64. The SMILES string of the molecule is COc1ccc(-c2csc(NC(=O)CCCS(=O)(=O)Cc3ccccc3)n2)cc1OC. The predicted molar refractivity (Wildman–Crippen MR) is 122 cm³/mol. The molecule has 1 amide bonds. The number of thiazole rings is 1. The van der Waals surface area contributed by atoms with Gasteiger partial charge in [0.1, 0.15) is 0 Å². The lowest BCUT2D eigenvalue weighted by molar-refractivity contribution is -0.116. The zero-order valence-corrected chi connectivity index (χ0v) is 19.0. The first-order valence-electron chi connectivity index (χ1n) is 9.62. The highest BCUT2D eigenvalue weighted by molar-refractivity contribution is 7.90. The van der Waals surface area contributed by atoms with E-state index in [0.29, 0.717) is 22.3 Å². The monoisotopic (exact) mass is 460 g/mol. The summed E-state index contributed by atoms with van der Waals surface area (Å²) < 4.78 is 35.0. The average Bonchev–Trinajstić information content (AvgIpc) is 3.21. The average molecular weight is 461 g/mol. The van der Waals surface area contributed by atoms with Crippen LogP contribution in [-0.4, -0.2) is 39.3 Å². The minimum atomic E-state index is -3.26. The van der Waals surface area contributed by atoms with E-state index in [1.54, 1.807) is 32.4 Å². The van der Waals surface area contributed by atoms with Gasteiger partial charge in [0, 0.05) is 17.4 Å². The first-order valence-corrected chi connectivity index (χ1v) is 12.3. The summed E-state index contributed by atoms with van der Waals surface area (Å²) in [7, 11) is -0.128. The van der Waals surface area contributed by atoms with Crippen LogP contribution in [0.1, 0.15) is 18.4 Å². The van der Waals surface area contributed by atoms with Crippen LogP contribution in [0.4, 0.5) is 5.13 Å². The second kappa shape index (κ2) is 10.4. The van der Waals surface area contributed by atoms with Crippen molar-refractivity contribution in [3.63, 3.8) is 0 Å². The molecule has 1 N–H and O–H groups in total. The van der Waals surface area contributed by atoms with Crippen molar-refractivity contribution in [2.24, 2.45) is 0 Å². The van der Waals surface area contributed by atoms with Gasteiger partial charge in [-0.25, -0.2) is 13.4 Å². The van der Waals surface area contributed by atoms with Crippen molar-refractivity contribution >= 4 is 32.2 Å². The van der Waals surface area contributed by atoms with E-state index in [-0.39, 0.29) is 30.3 Å². The summed E-state index contributed by atoms with van der Waals surface area (Å²) in [4.78, 5) is 16.6. The zero-order valence-electron chi connectivity index (χ0n) is 17.3. The maximum atomic E-state index is 12.2. The Morgan fingerprint density at radius 1 is 1.06 bits per heavy atom. The number of hydrogen-bond donors (Lipinski definition) is 1. The molecule has 0 unspecified atom stereocenters. The first kappa shape index (κ1) is 22.8. The number of carbonyl (C=O) groups excluding carboxylic acids is 1. The first-order chi connectivity index (χ1) is 14.9. The number of benzene rings is 2. The molecule has 3 aromatic rings. The summed E-state index contributed by atoms with van der Waals surface area (Å²) in [6.45, 7) is 0. The number of methoxy groups -OCH3 is 2. The Bertz CT molecular complexity index is 1130. The molecule has 0 atom stereocenters. The van der Waals surface area contributed by atoms with Crippen LogP contribution in [0.15, 0.2) is 53.9 Å². The van der Waals surface area contributed by atoms with Gasteiger partial charge >= 0.3 is 0 Å². The highest BCUT2D eigenvalue weighted by Gasteiger charge is 2.14. The number of sulfone groups is 1. The van der Waals surface area contributed by atoms with Crippen LogP contribution in [0.5, 0.6) is 11.5 Å². The summed E-state index contributed by atoms with van der Waals surface area (Å²) in [5, 5.41) is 5.03. The summed E-state index contributed by atoms with van der Waals surface area (Å²) in [5.74, 6) is 0.899. The molecule has 7 nitrogen and oxygen atoms in total. The third kappa shape index (κ3) is 6.53. The van der Waals surface area contributed by atoms with Crippen LogP contribution in [0.25, 0.3) is 11.3 Å². The molecule has 0 saturated heterocycles. The quantitative estimate of drug-likeness (QED) is 0.488. The minimum Gasteiger partial charge on any atom is -0.493 e. The summed E-state index contributed by atoms with van der Waals surface area (Å²) in [6.07, 6.45) is 0.369. The number of aromatic nitrogens is 1. The van der Waals surface area contributed by atoms with E-state index in [9.17, 15) is 13.2 Å². The Morgan fingerprint density at radius 3 is 2.52 bits per heavy atom. The molecule has 0 saturated carbocycles. The molecule has 1 heterocycles. The van der Waals surface area contributed by atoms with Gasteiger partial charge in [0.05, 0.1) is 31.4 Å².